The Labute approximate surface area is 122 Å². The van der Waals surface area contributed by atoms with Crippen molar-refractivity contribution >= 4 is 23.5 Å². The van der Waals surface area contributed by atoms with Gasteiger partial charge in [0.05, 0.1) is 11.4 Å². The van der Waals surface area contributed by atoms with Gasteiger partial charge in [-0.2, -0.15) is 9.98 Å². The lowest BCUT2D eigenvalue weighted by Crippen LogP contribution is -1.94. The fraction of sp³-hybridized carbons (Fsp3) is 0.176. The van der Waals surface area contributed by atoms with E-state index in [-0.39, 0.29) is 0 Å². The molecule has 0 N–H and O–H groups in total. The average molecular weight is 278 g/mol. The lowest BCUT2D eigenvalue weighted by atomic mass is 9.96. The summed E-state index contributed by atoms with van der Waals surface area (Å²) in [7, 11) is 0. The van der Waals surface area contributed by atoms with Crippen LogP contribution < -0.4 is 0 Å². The molecule has 0 heterocycles. The van der Waals surface area contributed by atoms with Gasteiger partial charge in [-0.3, -0.25) is 0 Å². The molecule has 4 heteroatoms. The first-order chi connectivity index (χ1) is 10.1. The van der Waals surface area contributed by atoms with E-state index >= 15 is 0 Å². The highest BCUT2D eigenvalue weighted by molar-refractivity contribution is 5.54. The maximum Gasteiger partial charge on any atom is 0.240 e. The van der Waals surface area contributed by atoms with Gasteiger partial charge >= 0.3 is 0 Å². The predicted molar refractivity (Wildman–Crippen MR) is 80.7 cm³/mol. The third kappa shape index (κ3) is 3.61. The normalized spacial score (nSPS) is 9.62. The summed E-state index contributed by atoms with van der Waals surface area (Å²) in [4.78, 5) is 28.0. The van der Waals surface area contributed by atoms with Crippen molar-refractivity contribution < 1.29 is 9.59 Å². The van der Waals surface area contributed by atoms with Gasteiger partial charge in [0.2, 0.25) is 12.2 Å². The van der Waals surface area contributed by atoms with Crippen LogP contribution in [0.15, 0.2) is 46.4 Å². The zero-order valence-corrected chi connectivity index (χ0v) is 11.9. The van der Waals surface area contributed by atoms with Crippen molar-refractivity contribution in [1.82, 2.24) is 0 Å². The Morgan fingerprint density at radius 3 is 1.62 bits per heavy atom. The van der Waals surface area contributed by atoms with Crippen molar-refractivity contribution in [2.75, 3.05) is 0 Å². The first-order valence-electron chi connectivity index (χ1n) is 6.49. The van der Waals surface area contributed by atoms with E-state index in [1.54, 1.807) is 24.3 Å². The lowest BCUT2D eigenvalue weighted by Gasteiger charge is -2.10. The summed E-state index contributed by atoms with van der Waals surface area (Å²) in [6.45, 7) is 4.01. The van der Waals surface area contributed by atoms with E-state index in [4.69, 9.17) is 0 Å². The van der Waals surface area contributed by atoms with Crippen LogP contribution in [0.25, 0.3) is 0 Å². The molecule has 0 saturated heterocycles. The first kappa shape index (κ1) is 14.6. The number of nitrogens with zero attached hydrogens (tertiary/aromatic N) is 2. The Bertz CT molecular complexity index is 703. The molecule has 0 bridgehead atoms. The van der Waals surface area contributed by atoms with E-state index in [0.29, 0.717) is 17.8 Å². The monoisotopic (exact) mass is 278 g/mol. The second-order valence-corrected chi connectivity index (χ2v) is 4.80. The van der Waals surface area contributed by atoms with E-state index < -0.39 is 0 Å². The smallest absolute Gasteiger partial charge is 0.211 e. The minimum absolute atomic E-state index is 0.588. The molecule has 2 aromatic rings. The maximum absolute atomic E-state index is 10.4. The zero-order valence-electron chi connectivity index (χ0n) is 11.9. The van der Waals surface area contributed by atoms with Gasteiger partial charge in [0.25, 0.3) is 0 Å². The van der Waals surface area contributed by atoms with Crippen LogP contribution in [0.1, 0.15) is 22.3 Å². The molecule has 0 atom stereocenters. The topological polar surface area (TPSA) is 58.9 Å². The number of hydrogen-bond donors (Lipinski definition) is 0. The van der Waals surface area contributed by atoms with Crippen LogP contribution in [0.5, 0.6) is 0 Å². The first-order valence-corrected chi connectivity index (χ1v) is 6.49. The minimum Gasteiger partial charge on any atom is -0.211 e. The van der Waals surface area contributed by atoms with Crippen LogP contribution in [0.2, 0.25) is 0 Å². The second-order valence-electron chi connectivity index (χ2n) is 4.80. The zero-order chi connectivity index (χ0) is 15.2. The summed E-state index contributed by atoms with van der Waals surface area (Å²) < 4.78 is 0. The molecule has 0 aliphatic rings. The van der Waals surface area contributed by atoms with E-state index in [9.17, 15) is 9.59 Å². The molecule has 104 valence electrons. The molecule has 2 rings (SSSR count). The van der Waals surface area contributed by atoms with Gasteiger partial charge in [-0.25, -0.2) is 9.59 Å². The lowest BCUT2D eigenvalue weighted by molar-refractivity contribution is 0.564. The molecule has 0 aliphatic heterocycles. The number of aliphatic imine (C=N–C) groups is 2. The van der Waals surface area contributed by atoms with Crippen molar-refractivity contribution in [2.24, 2.45) is 9.98 Å². The summed E-state index contributed by atoms with van der Waals surface area (Å²) in [5.41, 5.74) is 5.55. The molecule has 0 amide bonds. The van der Waals surface area contributed by atoms with Gasteiger partial charge in [-0.1, -0.05) is 12.1 Å². The molecule has 0 radical (unpaired) electrons. The standard InChI is InChI=1S/C17H14N2O2/c1-12-3-5-16(18-10-20)8-14(12)7-15-9-17(19-11-21)6-4-13(15)2/h3-6,8-9H,7H2,1-2H3. The molecule has 2 aromatic carbocycles. The number of rotatable bonds is 4. The number of benzene rings is 2. The van der Waals surface area contributed by atoms with Crippen LogP contribution in [0.4, 0.5) is 11.4 Å². The summed E-state index contributed by atoms with van der Waals surface area (Å²) in [5, 5.41) is 0. The van der Waals surface area contributed by atoms with Gasteiger partial charge in [0, 0.05) is 0 Å². The Hall–Kier alpha value is -2.80. The van der Waals surface area contributed by atoms with Crippen LogP contribution in [0, 0.1) is 13.8 Å². The SMILES string of the molecule is Cc1ccc(N=C=O)cc1Cc1cc(N=C=O)ccc1C. The van der Waals surface area contributed by atoms with Gasteiger partial charge in [0.1, 0.15) is 0 Å². The second kappa shape index (κ2) is 6.58. The molecule has 0 saturated carbocycles. The van der Waals surface area contributed by atoms with Crippen LogP contribution in [0.3, 0.4) is 0 Å². The fourth-order valence-corrected chi connectivity index (χ4v) is 2.15. The van der Waals surface area contributed by atoms with Crippen molar-refractivity contribution in [3.05, 3.63) is 58.7 Å². The van der Waals surface area contributed by atoms with E-state index in [0.717, 1.165) is 22.3 Å². The van der Waals surface area contributed by atoms with Gasteiger partial charge in [-0.05, 0) is 66.8 Å². The summed E-state index contributed by atoms with van der Waals surface area (Å²) in [6, 6.07) is 11.2. The number of isocyanates is 2. The van der Waals surface area contributed by atoms with Gasteiger partial charge in [0.15, 0.2) is 0 Å². The number of carbonyl (C=O) groups excluding carboxylic acids is 2. The summed E-state index contributed by atoms with van der Waals surface area (Å²) >= 11 is 0. The van der Waals surface area contributed by atoms with Crippen LogP contribution >= 0.6 is 0 Å². The summed E-state index contributed by atoms with van der Waals surface area (Å²) in [6.07, 6.45) is 3.78. The Morgan fingerprint density at radius 2 is 1.24 bits per heavy atom. The Balaban J connectivity index is 2.41. The molecule has 0 aromatic heterocycles. The van der Waals surface area contributed by atoms with E-state index in [1.807, 2.05) is 38.1 Å². The highest BCUT2D eigenvalue weighted by Gasteiger charge is 2.06. The number of aryl methyl sites for hydroxylation is 2. The largest absolute Gasteiger partial charge is 0.240 e. The quantitative estimate of drug-likeness (QED) is 0.630. The maximum atomic E-state index is 10.4. The van der Waals surface area contributed by atoms with Crippen molar-refractivity contribution in [2.45, 2.75) is 20.3 Å². The highest BCUT2D eigenvalue weighted by Crippen LogP contribution is 2.24. The fourth-order valence-electron chi connectivity index (χ4n) is 2.15. The number of hydrogen-bond acceptors (Lipinski definition) is 4. The molecular weight excluding hydrogens is 264 g/mol. The minimum atomic E-state index is 0.588. The Kier molecular flexibility index (Phi) is 4.57. The van der Waals surface area contributed by atoms with Crippen molar-refractivity contribution in [3.63, 3.8) is 0 Å². The Morgan fingerprint density at radius 1 is 0.810 bits per heavy atom. The molecule has 0 unspecified atom stereocenters. The predicted octanol–water partition coefficient (Wildman–Crippen LogP) is 3.83. The molecular formula is C17H14N2O2. The molecule has 4 nitrogen and oxygen atoms in total. The molecule has 0 fully saturated rings. The highest BCUT2D eigenvalue weighted by atomic mass is 16.1. The van der Waals surface area contributed by atoms with Gasteiger partial charge < -0.3 is 0 Å². The average Bonchev–Trinajstić information content (AvgIpc) is 2.46. The third-order valence-corrected chi connectivity index (χ3v) is 3.40. The van der Waals surface area contributed by atoms with Crippen molar-refractivity contribution in [3.8, 4) is 0 Å². The molecule has 0 spiro atoms. The molecule has 21 heavy (non-hydrogen) atoms. The van der Waals surface area contributed by atoms with Crippen LogP contribution in [-0.2, 0) is 16.0 Å². The van der Waals surface area contributed by atoms with Gasteiger partial charge in [-0.15, -0.1) is 0 Å². The molecule has 0 aliphatic carbocycles. The van der Waals surface area contributed by atoms with E-state index in [2.05, 4.69) is 9.98 Å². The van der Waals surface area contributed by atoms with E-state index in [1.165, 1.54) is 0 Å². The summed E-state index contributed by atoms with van der Waals surface area (Å²) in [5.74, 6) is 0. The third-order valence-electron chi connectivity index (χ3n) is 3.40. The van der Waals surface area contributed by atoms with Crippen molar-refractivity contribution in [1.29, 1.82) is 0 Å². The van der Waals surface area contributed by atoms with Crippen LogP contribution in [-0.4, -0.2) is 12.2 Å².